The first-order valence-electron chi connectivity index (χ1n) is 23.9. The van der Waals surface area contributed by atoms with Crippen LogP contribution in [-0.4, -0.2) is 269 Å². The van der Waals surface area contributed by atoms with Crippen LogP contribution in [0.25, 0.3) is 0 Å². The fraction of sp³-hybridized carbons (Fsp3) is 0.909. The monoisotopic (exact) mass is 1000 g/mol. The average molecular weight is 1010 g/mol. The van der Waals surface area contributed by atoms with Gasteiger partial charge in [-0.05, 0) is 20.8 Å². The molecule has 408 valence electrons. The summed E-state index contributed by atoms with van der Waals surface area (Å²) in [7, 11) is 0. The molecule has 4 amide bonds. The van der Waals surface area contributed by atoms with Crippen molar-refractivity contribution < 1.29 is 90.6 Å². The van der Waals surface area contributed by atoms with E-state index in [1.807, 2.05) is 0 Å². The molecule has 0 aliphatic rings. The van der Waals surface area contributed by atoms with Crippen LogP contribution < -0.4 is 22.1 Å². The maximum Gasteiger partial charge on any atom is 0.407 e. The normalized spacial score (nSPS) is 11.5. The van der Waals surface area contributed by atoms with Crippen LogP contribution in [0.4, 0.5) is 9.59 Å². The maximum atomic E-state index is 13.1. The number of carboxylic acids is 1. The molecule has 0 rings (SSSR count). The van der Waals surface area contributed by atoms with Crippen molar-refractivity contribution >= 4 is 24.0 Å². The van der Waals surface area contributed by atoms with E-state index in [2.05, 4.69) is 10.6 Å². The molecule has 0 fully saturated rings. The van der Waals surface area contributed by atoms with Gasteiger partial charge >= 0.3 is 18.1 Å². The summed E-state index contributed by atoms with van der Waals surface area (Å²) in [4.78, 5) is 51.7. The number of nitrogens with two attached hydrogens (primary N) is 2. The summed E-state index contributed by atoms with van der Waals surface area (Å²) in [6, 6.07) is -0.330. The number of nitrogens with zero attached hydrogens (tertiary/aromatic N) is 2. The number of hydrogen-bond acceptors (Lipinski definition) is 20. The maximum absolute atomic E-state index is 13.1. The lowest BCUT2D eigenvalue weighted by Gasteiger charge is -2.23. The van der Waals surface area contributed by atoms with E-state index in [-0.39, 0.29) is 104 Å². The highest BCUT2D eigenvalue weighted by Crippen LogP contribution is 2.06. The van der Waals surface area contributed by atoms with E-state index < -0.39 is 17.7 Å². The third-order valence-corrected chi connectivity index (χ3v) is 8.52. The predicted octanol–water partition coefficient (Wildman–Crippen LogP) is -0.651. The number of alkyl carbamates (subject to hydrolysis) is 1. The van der Waals surface area contributed by atoms with Crippen LogP contribution in [-0.2, 0) is 75.9 Å². The molecule has 0 radical (unpaired) electrons. The number of rotatable bonds is 52. The Morgan fingerprint density at radius 3 is 1.07 bits per heavy atom. The van der Waals surface area contributed by atoms with E-state index >= 15 is 0 Å². The molecule has 25 nitrogen and oxygen atoms in total. The van der Waals surface area contributed by atoms with E-state index in [1.165, 1.54) is 0 Å². The third kappa shape index (κ3) is 49.7. The van der Waals surface area contributed by atoms with E-state index in [0.717, 1.165) is 0 Å². The highest BCUT2D eigenvalue weighted by atomic mass is 16.6. The third-order valence-electron chi connectivity index (χ3n) is 8.52. The molecule has 0 aliphatic heterocycles. The topological polar surface area (TPSA) is 300 Å². The summed E-state index contributed by atoms with van der Waals surface area (Å²) in [5.41, 5.74) is 10.2. The van der Waals surface area contributed by atoms with Gasteiger partial charge in [0.1, 0.15) is 5.60 Å². The first-order chi connectivity index (χ1) is 33.5. The van der Waals surface area contributed by atoms with Gasteiger partial charge in [-0.3, -0.25) is 9.59 Å². The zero-order chi connectivity index (χ0) is 50.7. The second kappa shape index (κ2) is 49.8. The second-order valence-corrected chi connectivity index (χ2v) is 15.5. The van der Waals surface area contributed by atoms with Crippen molar-refractivity contribution in [3.05, 3.63) is 0 Å². The van der Waals surface area contributed by atoms with Crippen molar-refractivity contribution in [2.75, 3.05) is 224 Å². The number of urea groups is 1. The molecule has 0 saturated carbocycles. The summed E-state index contributed by atoms with van der Waals surface area (Å²) < 4.78 is 76.8. The van der Waals surface area contributed by atoms with Gasteiger partial charge in [-0.15, -0.1) is 0 Å². The number of amides is 4. The smallest absolute Gasteiger partial charge is 0.407 e. The molecule has 0 aliphatic carbocycles. The van der Waals surface area contributed by atoms with Gasteiger partial charge in [-0.1, -0.05) is 0 Å². The highest BCUT2D eigenvalue weighted by molar-refractivity contribution is 5.76. The van der Waals surface area contributed by atoms with Crippen molar-refractivity contribution in [2.45, 2.75) is 39.2 Å². The van der Waals surface area contributed by atoms with Gasteiger partial charge in [0.25, 0.3) is 0 Å². The number of ether oxygens (including phenoxy) is 14. The molecule has 0 saturated heterocycles. The van der Waals surface area contributed by atoms with Crippen LogP contribution in [0.2, 0.25) is 0 Å². The zero-order valence-electron chi connectivity index (χ0n) is 41.8. The van der Waals surface area contributed by atoms with Gasteiger partial charge in [-0.2, -0.15) is 0 Å². The van der Waals surface area contributed by atoms with Crippen LogP contribution in [0.1, 0.15) is 33.6 Å². The zero-order valence-corrected chi connectivity index (χ0v) is 41.8. The van der Waals surface area contributed by atoms with Crippen molar-refractivity contribution in [3.8, 4) is 0 Å². The predicted molar refractivity (Wildman–Crippen MR) is 251 cm³/mol. The van der Waals surface area contributed by atoms with Gasteiger partial charge in [0, 0.05) is 52.4 Å². The van der Waals surface area contributed by atoms with E-state index in [4.69, 9.17) is 82.9 Å². The second-order valence-electron chi connectivity index (χ2n) is 15.5. The first kappa shape index (κ1) is 65.9. The van der Waals surface area contributed by atoms with Crippen LogP contribution >= 0.6 is 0 Å². The minimum Gasteiger partial charge on any atom is -0.481 e. The molecule has 69 heavy (non-hydrogen) atoms. The molecule has 7 N–H and O–H groups in total. The molecule has 0 spiro atoms. The van der Waals surface area contributed by atoms with Crippen LogP contribution in [0.15, 0.2) is 0 Å². The summed E-state index contributed by atoms with van der Waals surface area (Å²) in [5.74, 6) is -1.05. The van der Waals surface area contributed by atoms with Gasteiger partial charge in [0.2, 0.25) is 5.91 Å². The fourth-order valence-corrected chi connectivity index (χ4v) is 5.17. The molecule has 0 heterocycles. The lowest BCUT2D eigenvalue weighted by molar-refractivity contribution is -0.138. The van der Waals surface area contributed by atoms with Crippen LogP contribution in [0.5, 0.6) is 0 Å². The van der Waals surface area contributed by atoms with Crippen molar-refractivity contribution in [1.82, 2.24) is 20.4 Å². The largest absolute Gasteiger partial charge is 0.481 e. The lowest BCUT2D eigenvalue weighted by Crippen LogP contribution is -2.44. The molecule has 0 aromatic carbocycles. The Bertz CT molecular complexity index is 1170. The van der Waals surface area contributed by atoms with Gasteiger partial charge in [0.05, 0.1) is 185 Å². The molecule has 0 bridgehead atoms. The van der Waals surface area contributed by atoms with E-state index in [9.17, 15) is 19.2 Å². The Labute approximate surface area is 409 Å². The van der Waals surface area contributed by atoms with Crippen LogP contribution in [0, 0.1) is 0 Å². The highest BCUT2D eigenvalue weighted by Gasteiger charge is 2.16. The molecule has 0 atom stereocenters. The quantitative estimate of drug-likeness (QED) is 0.0473. The first-order valence-corrected chi connectivity index (χ1v) is 23.9. The summed E-state index contributed by atoms with van der Waals surface area (Å²) in [6.45, 7) is 16.8. The molecular formula is C44H88N6O19. The minimum absolute atomic E-state index is 0.0863. The van der Waals surface area contributed by atoms with Gasteiger partial charge in [0.15, 0.2) is 0 Å². The van der Waals surface area contributed by atoms with Crippen molar-refractivity contribution in [3.63, 3.8) is 0 Å². The number of hydrogen-bond donors (Lipinski definition) is 5. The minimum atomic E-state index is -0.942. The van der Waals surface area contributed by atoms with Crippen molar-refractivity contribution in [2.24, 2.45) is 11.5 Å². The number of aliphatic carboxylic acids is 1. The average Bonchev–Trinajstić information content (AvgIpc) is 3.31. The summed E-state index contributed by atoms with van der Waals surface area (Å²) >= 11 is 0. The lowest BCUT2D eigenvalue weighted by atomic mass is 10.2. The Morgan fingerprint density at radius 1 is 0.406 bits per heavy atom. The van der Waals surface area contributed by atoms with Crippen molar-refractivity contribution in [1.29, 1.82) is 0 Å². The molecule has 25 heteroatoms. The SMILES string of the molecule is CC(C)(C)OC(=O)NCCOCCOCCOCCNC(=O)N(CCOCCOCCC(=O)O)CCOCCOCCC(=O)N(CCOCCOCCOCCN)CCOCCOCCOCCN. The van der Waals surface area contributed by atoms with Gasteiger partial charge in [-0.25, -0.2) is 9.59 Å². The number of carbonyl (C=O) groups is 4. The van der Waals surface area contributed by atoms with E-state index in [1.54, 1.807) is 30.6 Å². The number of nitrogens with one attached hydrogen (secondary N) is 2. The summed E-state index contributed by atoms with van der Waals surface area (Å²) in [6.07, 6.45) is -0.439. The van der Waals surface area contributed by atoms with Gasteiger partial charge < -0.3 is 103 Å². The molecular weight excluding hydrogens is 917 g/mol. The number of carboxylic acid groups (broad SMARTS) is 1. The standard InChI is InChI=1S/C44H88N6O19/c1-44(2,3)69-43(55)48-9-19-61-29-37-68-36-28-60-18-8-47-42(54)50(13-23-65-31-25-57-15-5-41(52)53)12-22-64-30-24-56-14-4-40(51)49(10-20-62-32-38-66-34-26-58-16-6-45)11-21-63-33-39-67-35-27-59-17-7-46/h4-39,45-46H2,1-3H3,(H,47,54)(H,48,55)(H,52,53). The molecule has 0 aromatic heterocycles. The van der Waals surface area contributed by atoms with E-state index in [0.29, 0.717) is 145 Å². The Morgan fingerprint density at radius 2 is 0.710 bits per heavy atom. The Kier molecular flexibility index (Phi) is 47.6. The fourth-order valence-electron chi connectivity index (χ4n) is 5.17. The summed E-state index contributed by atoms with van der Waals surface area (Å²) in [5, 5.41) is 14.2. The molecule has 0 unspecified atom stereocenters. The number of carbonyl (C=O) groups excluding carboxylic acids is 3. The Hall–Kier alpha value is -3.12. The van der Waals surface area contributed by atoms with Crippen LogP contribution in [0.3, 0.4) is 0 Å². The molecule has 0 aromatic rings. The Balaban J connectivity index is 4.58.